The SMILES string of the molecule is ON(Cc1ccccc1)[C@H](C#Cc1ccccc1)c1ccccc1Br. The zero-order valence-electron chi connectivity index (χ0n) is 13.6. The smallest absolute Gasteiger partial charge is 0.122 e. The summed E-state index contributed by atoms with van der Waals surface area (Å²) in [5.41, 5.74) is 2.89. The second-order valence-corrected chi connectivity index (χ2v) is 6.50. The topological polar surface area (TPSA) is 23.5 Å². The van der Waals surface area contributed by atoms with E-state index in [2.05, 4.69) is 27.8 Å². The summed E-state index contributed by atoms with van der Waals surface area (Å²) in [6.45, 7) is 0.399. The summed E-state index contributed by atoms with van der Waals surface area (Å²) in [6.07, 6.45) is 0. The largest absolute Gasteiger partial charge is 0.312 e. The maximum absolute atomic E-state index is 10.7. The van der Waals surface area contributed by atoms with Crippen LogP contribution in [-0.2, 0) is 6.54 Å². The molecular formula is C22H18BrNO. The molecule has 3 aromatic rings. The Kier molecular flexibility index (Phi) is 6.03. The number of benzene rings is 3. The summed E-state index contributed by atoms with van der Waals surface area (Å²) in [6, 6.07) is 27.1. The first kappa shape index (κ1) is 17.4. The molecule has 0 bridgehead atoms. The highest BCUT2D eigenvalue weighted by Gasteiger charge is 2.19. The van der Waals surface area contributed by atoms with Crippen molar-refractivity contribution in [1.82, 2.24) is 5.06 Å². The third kappa shape index (κ3) is 4.80. The molecule has 0 saturated heterocycles. The fourth-order valence-electron chi connectivity index (χ4n) is 2.54. The Morgan fingerprint density at radius 3 is 2.12 bits per heavy atom. The fourth-order valence-corrected chi connectivity index (χ4v) is 3.05. The second kappa shape index (κ2) is 8.64. The maximum atomic E-state index is 10.7. The molecule has 124 valence electrons. The van der Waals surface area contributed by atoms with Crippen LogP contribution in [0.15, 0.2) is 89.4 Å². The summed E-state index contributed by atoms with van der Waals surface area (Å²) >= 11 is 3.57. The van der Waals surface area contributed by atoms with E-state index in [4.69, 9.17) is 0 Å². The van der Waals surface area contributed by atoms with Gasteiger partial charge in [-0.1, -0.05) is 94.5 Å². The monoisotopic (exact) mass is 391 g/mol. The molecular weight excluding hydrogens is 374 g/mol. The van der Waals surface area contributed by atoms with Gasteiger partial charge in [0.05, 0.1) is 6.54 Å². The molecule has 0 fully saturated rings. The first-order valence-electron chi connectivity index (χ1n) is 8.04. The Balaban J connectivity index is 1.92. The van der Waals surface area contributed by atoms with E-state index in [1.165, 1.54) is 5.06 Å². The Bertz CT molecular complexity index is 869. The molecule has 1 atom stereocenters. The normalized spacial score (nSPS) is 11.6. The lowest BCUT2D eigenvalue weighted by Gasteiger charge is -2.23. The molecule has 1 N–H and O–H groups in total. The van der Waals surface area contributed by atoms with Gasteiger partial charge in [-0.05, 0) is 29.3 Å². The lowest BCUT2D eigenvalue weighted by Crippen LogP contribution is -2.24. The van der Waals surface area contributed by atoms with Gasteiger partial charge in [0.2, 0.25) is 0 Å². The average molecular weight is 392 g/mol. The summed E-state index contributed by atoms with van der Waals surface area (Å²) in [7, 11) is 0. The van der Waals surface area contributed by atoms with Crippen LogP contribution in [0.4, 0.5) is 0 Å². The highest BCUT2D eigenvalue weighted by molar-refractivity contribution is 9.10. The van der Waals surface area contributed by atoms with Gasteiger partial charge in [0.15, 0.2) is 0 Å². The van der Waals surface area contributed by atoms with Crippen molar-refractivity contribution in [2.24, 2.45) is 0 Å². The average Bonchev–Trinajstić information content (AvgIpc) is 2.65. The first-order valence-corrected chi connectivity index (χ1v) is 8.84. The van der Waals surface area contributed by atoms with E-state index in [9.17, 15) is 5.21 Å². The number of hydroxylamine groups is 2. The van der Waals surface area contributed by atoms with Gasteiger partial charge in [-0.15, -0.1) is 0 Å². The first-order chi connectivity index (χ1) is 12.2. The molecule has 0 aliphatic carbocycles. The van der Waals surface area contributed by atoms with Crippen LogP contribution in [0.3, 0.4) is 0 Å². The summed E-state index contributed by atoms with van der Waals surface area (Å²) in [4.78, 5) is 0. The Morgan fingerprint density at radius 2 is 1.44 bits per heavy atom. The number of rotatable bonds is 4. The van der Waals surface area contributed by atoms with Crippen molar-refractivity contribution in [2.45, 2.75) is 12.6 Å². The van der Waals surface area contributed by atoms with Crippen molar-refractivity contribution in [2.75, 3.05) is 0 Å². The minimum atomic E-state index is -0.434. The minimum absolute atomic E-state index is 0.399. The van der Waals surface area contributed by atoms with Gasteiger partial charge in [0.1, 0.15) is 6.04 Å². The molecule has 0 amide bonds. The van der Waals surface area contributed by atoms with Crippen LogP contribution in [-0.4, -0.2) is 10.3 Å². The molecule has 0 radical (unpaired) electrons. The molecule has 3 heteroatoms. The molecule has 3 rings (SSSR count). The van der Waals surface area contributed by atoms with Crippen molar-refractivity contribution in [1.29, 1.82) is 0 Å². The van der Waals surface area contributed by atoms with E-state index in [1.54, 1.807) is 0 Å². The van der Waals surface area contributed by atoms with Gasteiger partial charge in [0, 0.05) is 10.0 Å². The van der Waals surface area contributed by atoms with E-state index < -0.39 is 6.04 Å². The standard InChI is InChI=1S/C22H18BrNO/c23-21-14-8-7-13-20(21)22(16-15-18-9-3-1-4-10-18)24(25)17-19-11-5-2-6-12-19/h1-14,22,25H,17H2/t22-/m1/s1. The van der Waals surface area contributed by atoms with Crippen molar-refractivity contribution in [3.63, 3.8) is 0 Å². The van der Waals surface area contributed by atoms with Gasteiger partial charge in [0.25, 0.3) is 0 Å². The van der Waals surface area contributed by atoms with Crippen molar-refractivity contribution in [3.8, 4) is 11.8 Å². The lowest BCUT2D eigenvalue weighted by atomic mass is 10.1. The molecule has 0 aliphatic rings. The minimum Gasteiger partial charge on any atom is -0.312 e. The number of halogens is 1. The van der Waals surface area contributed by atoms with Crippen molar-refractivity contribution in [3.05, 3.63) is 106 Å². The molecule has 0 spiro atoms. The van der Waals surface area contributed by atoms with Gasteiger partial charge < -0.3 is 5.21 Å². The zero-order chi connectivity index (χ0) is 17.5. The van der Waals surface area contributed by atoms with E-state index in [-0.39, 0.29) is 0 Å². The molecule has 0 unspecified atom stereocenters. The maximum Gasteiger partial charge on any atom is 0.122 e. The van der Waals surface area contributed by atoms with Crippen LogP contribution in [0.2, 0.25) is 0 Å². The van der Waals surface area contributed by atoms with Crippen LogP contribution in [0.5, 0.6) is 0 Å². The van der Waals surface area contributed by atoms with Gasteiger partial charge in [-0.3, -0.25) is 0 Å². The molecule has 2 nitrogen and oxygen atoms in total. The van der Waals surface area contributed by atoms with Gasteiger partial charge >= 0.3 is 0 Å². The van der Waals surface area contributed by atoms with Crippen molar-refractivity contribution < 1.29 is 5.21 Å². The summed E-state index contributed by atoms with van der Waals surface area (Å²) in [5.74, 6) is 6.37. The van der Waals surface area contributed by atoms with Crippen LogP contribution >= 0.6 is 15.9 Å². The number of hydrogen-bond acceptors (Lipinski definition) is 2. The molecule has 3 aromatic carbocycles. The molecule has 0 aromatic heterocycles. The zero-order valence-corrected chi connectivity index (χ0v) is 15.2. The van der Waals surface area contributed by atoms with Crippen LogP contribution in [0.25, 0.3) is 0 Å². The van der Waals surface area contributed by atoms with Gasteiger partial charge in [-0.2, -0.15) is 5.06 Å². The van der Waals surface area contributed by atoms with Crippen LogP contribution < -0.4 is 0 Å². The predicted octanol–water partition coefficient (Wildman–Crippen LogP) is 5.43. The highest BCUT2D eigenvalue weighted by atomic mass is 79.9. The fraction of sp³-hybridized carbons (Fsp3) is 0.0909. The summed E-state index contributed by atoms with van der Waals surface area (Å²) < 4.78 is 0.925. The number of nitrogens with zero attached hydrogens (tertiary/aromatic N) is 1. The molecule has 0 saturated carbocycles. The third-order valence-electron chi connectivity index (χ3n) is 3.81. The molecule has 25 heavy (non-hydrogen) atoms. The Labute approximate surface area is 156 Å². The van der Waals surface area contributed by atoms with E-state index in [0.29, 0.717) is 6.54 Å². The van der Waals surface area contributed by atoms with E-state index in [0.717, 1.165) is 21.2 Å². The Hall–Kier alpha value is -2.38. The number of hydrogen-bond donors (Lipinski definition) is 1. The molecule has 0 heterocycles. The Morgan fingerprint density at radius 1 is 0.840 bits per heavy atom. The quantitative estimate of drug-likeness (QED) is 0.473. The second-order valence-electron chi connectivity index (χ2n) is 5.64. The van der Waals surface area contributed by atoms with E-state index >= 15 is 0 Å². The van der Waals surface area contributed by atoms with Crippen molar-refractivity contribution >= 4 is 15.9 Å². The van der Waals surface area contributed by atoms with Gasteiger partial charge in [-0.25, -0.2) is 0 Å². The van der Waals surface area contributed by atoms with Crippen LogP contribution in [0.1, 0.15) is 22.7 Å². The highest BCUT2D eigenvalue weighted by Crippen LogP contribution is 2.27. The predicted molar refractivity (Wildman–Crippen MR) is 104 cm³/mol. The molecule has 0 aliphatic heterocycles. The van der Waals surface area contributed by atoms with E-state index in [1.807, 2.05) is 84.9 Å². The summed E-state index contributed by atoms with van der Waals surface area (Å²) in [5, 5.41) is 12.0. The van der Waals surface area contributed by atoms with Crippen LogP contribution in [0, 0.1) is 11.8 Å². The lowest BCUT2D eigenvalue weighted by molar-refractivity contribution is -0.121. The third-order valence-corrected chi connectivity index (χ3v) is 4.53.